The molecule has 0 aliphatic carbocycles. The summed E-state index contributed by atoms with van der Waals surface area (Å²) >= 11 is 0. The van der Waals surface area contributed by atoms with Crippen LogP contribution < -0.4 is 4.90 Å². The number of H-pyrrole nitrogens is 3. The number of nitrogens with one attached hydrogen (secondary N) is 3. The molecule has 1 aromatic carbocycles. The smallest absolute Gasteiger partial charge is 0.251 e. The summed E-state index contributed by atoms with van der Waals surface area (Å²) in [5.41, 5.74) is 5.01. The van der Waals surface area contributed by atoms with Crippen molar-refractivity contribution in [2.24, 2.45) is 0 Å². The first-order chi connectivity index (χ1) is 15.1. The Morgan fingerprint density at radius 2 is 1.90 bits per heavy atom. The first-order valence-electron chi connectivity index (χ1n) is 10.0. The molecule has 3 N–H and O–H groups in total. The molecule has 0 radical (unpaired) electrons. The van der Waals surface area contributed by atoms with E-state index in [-0.39, 0.29) is 25.9 Å². The SMILES string of the molecule is FC1(F)CCN(c2nccc3[nH]c(-c4n[nH]c5ccc(-c6cn[nH]c6)cc45)nc23)CC1. The summed E-state index contributed by atoms with van der Waals surface area (Å²) < 4.78 is 27.2. The minimum absolute atomic E-state index is 0.177. The van der Waals surface area contributed by atoms with Crippen molar-refractivity contribution in [1.82, 2.24) is 35.3 Å². The molecule has 4 aromatic heterocycles. The number of piperidine rings is 1. The van der Waals surface area contributed by atoms with E-state index in [9.17, 15) is 8.78 Å². The van der Waals surface area contributed by atoms with Gasteiger partial charge in [0.15, 0.2) is 11.6 Å². The second kappa shape index (κ2) is 6.59. The van der Waals surface area contributed by atoms with Gasteiger partial charge in [0.05, 0.1) is 17.2 Å². The lowest BCUT2D eigenvalue weighted by atomic mass is 10.1. The van der Waals surface area contributed by atoms with Gasteiger partial charge in [-0.3, -0.25) is 10.2 Å². The molecule has 8 nitrogen and oxygen atoms in total. The first-order valence-corrected chi connectivity index (χ1v) is 10.0. The van der Waals surface area contributed by atoms with Crippen molar-refractivity contribution in [2.75, 3.05) is 18.0 Å². The summed E-state index contributed by atoms with van der Waals surface area (Å²) in [7, 11) is 0. The summed E-state index contributed by atoms with van der Waals surface area (Å²) in [6, 6.07) is 7.84. The van der Waals surface area contributed by atoms with Crippen LogP contribution in [-0.2, 0) is 0 Å². The molecule has 5 heterocycles. The van der Waals surface area contributed by atoms with Gasteiger partial charge in [-0.25, -0.2) is 18.7 Å². The van der Waals surface area contributed by atoms with Crippen molar-refractivity contribution in [3.05, 3.63) is 42.9 Å². The number of aromatic amines is 3. The summed E-state index contributed by atoms with van der Waals surface area (Å²) in [6.45, 7) is 0.501. The second-order valence-corrected chi connectivity index (χ2v) is 7.78. The van der Waals surface area contributed by atoms with Crippen LogP contribution in [0.15, 0.2) is 42.9 Å². The van der Waals surface area contributed by atoms with Gasteiger partial charge in [-0.05, 0) is 23.8 Å². The Bertz CT molecular complexity index is 1380. The number of alkyl halides is 2. The number of hydrogen-bond donors (Lipinski definition) is 3. The summed E-state index contributed by atoms with van der Waals surface area (Å²) in [4.78, 5) is 14.4. The van der Waals surface area contributed by atoms with Crippen molar-refractivity contribution in [3.63, 3.8) is 0 Å². The Kier molecular flexibility index (Phi) is 3.83. The zero-order valence-electron chi connectivity index (χ0n) is 16.4. The molecular formula is C21H18F2N8. The second-order valence-electron chi connectivity index (χ2n) is 7.78. The van der Waals surface area contributed by atoms with Crippen LogP contribution in [0.5, 0.6) is 0 Å². The lowest BCUT2D eigenvalue weighted by Crippen LogP contribution is -2.39. The van der Waals surface area contributed by atoms with Crippen LogP contribution in [0.1, 0.15) is 12.8 Å². The number of aromatic nitrogens is 7. The number of fused-ring (bicyclic) bond motifs is 2. The van der Waals surface area contributed by atoms with E-state index in [1.807, 2.05) is 35.4 Å². The van der Waals surface area contributed by atoms with Crippen molar-refractivity contribution in [2.45, 2.75) is 18.8 Å². The van der Waals surface area contributed by atoms with Gasteiger partial charge in [0.25, 0.3) is 5.92 Å². The number of pyridine rings is 1. The highest BCUT2D eigenvalue weighted by Gasteiger charge is 2.35. The first kappa shape index (κ1) is 18.0. The monoisotopic (exact) mass is 420 g/mol. The third-order valence-electron chi connectivity index (χ3n) is 5.79. The van der Waals surface area contributed by atoms with Crippen LogP contribution in [-0.4, -0.2) is 54.4 Å². The lowest BCUT2D eigenvalue weighted by Gasteiger charge is -2.32. The number of benzene rings is 1. The maximum absolute atomic E-state index is 13.6. The Labute approximate surface area is 174 Å². The van der Waals surface area contributed by atoms with Gasteiger partial charge in [0, 0.05) is 49.3 Å². The van der Waals surface area contributed by atoms with Crippen molar-refractivity contribution < 1.29 is 8.78 Å². The fraction of sp³-hybridized carbons (Fsp3) is 0.238. The third kappa shape index (κ3) is 3.02. The lowest BCUT2D eigenvalue weighted by molar-refractivity contribution is -0.0221. The van der Waals surface area contributed by atoms with E-state index < -0.39 is 5.92 Å². The van der Waals surface area contributed by atoms with Gasteiger partial charge in [-0.2, -0.15) is 10.2 Å². The molecule has 0 unspecified atom stereocenters. The molecule has 1 saturated heterocycles. The molecule has 0 bridgehead atoms. The highest BCUT2D eigenvalue weighted by Crippen LogP contribution is 2.34. The summed E-state index contributed by atoms with van der Waals surface area (Å²) in [5.74, 6) is -1.39. The average Bonchev–Trinajstić information content (AvgIpc) is 3.51. The molecule has 0 spiro atoms. The standard InChI is InChI=1S/C21H18F2N8/c22-21(23)4-7-31(8-5-21)20-18-16(3-6-24-20)27-19(28-18)17-14-9-12(13-10-25-26-11-13)1-2-15(14)29-30-17/h1-3,6,9-11H,4-5,7-8H2,(H,25,26)(H,27,28)(H,29,30). The molecule has 1 aliphatic heterocycles. The zero-order chi connectivity index (χ0) is 21.0. The van der Waals surface area contributed by atoms with Crippen LogP contribution in [0.25, 0.3) is 44.6 Å². The Morgan fingerprint density at radius 1 is 1.03 bits per heavy atom. The normalized spacial score (nSPS) is 16.4. The van der Waals surface area contributed by atoms with Crippen LogP contribution in [0, 0.1) is 0 Å². The van der Waals surface area contributed by atoms with Crippen molar-refractivity contribution in [1.29, 1.82) is 0 Å². The van der Waals surface area contributed by atoms with Gasteiger partial charge in [-0.15, -0.1) is 0 Å². The topological polar surface area (TPSA) is 102 Å². The fourth-order valence-corrected chi connectivity index (χ4v) is 4.09. The third-order valence-corrected chi connectivity index (χ3v) is 5.79. The Balaban J connectivity index is 1.43. The predicted octanol–water partition coefficient (Wildman–Crippen LogP) is 4.13. The van der Waals surface area contributed by atoms with E-state index in [2.05, 4.69) is 30.4 Å². The molecule has 0 saturated carbocycles. The number of hydrogen-bond acceptors (Lipinski definition) is 5. The van der Waals surface area contributed by atoms with Gasteiger partial charge in [0.1, 0.15) is 11.2 Å². The molecular weight excluding hydrogens is 402 g/mol. The molecule has 0 atom stereocenters. The van der Waals surface area contributed by atoms with E-state index in [0.717, 1.165) is 27.5 Å². The predicted molar refractivity (Wildman–Crippen MR) is 113 cm³/mol. The van der Waals surface area contributed by atoms with E-state index in [4.69, 9.17) is 4.98 Å². The number of nitrogens with zero attached hydrogens (tertiary/aromatic N) is 5. The molecule has 6 rings (SSSR count). The molecule has 31 heavy (non-hydrogen) atoms. The number of halogens is 2. The molecule has 1 fully saturated rings. The molecule has 5 aromatic rings. The fourth-order valence-electron chi connectivity index (χ4n) is 4.09. The minimum Gasteiger partial charge on any atom is -0.354 e. The Hall–Kier alpha value is -3.82. The maximum Gasteiger partial charge on any atom is 0.251 e. The number of imidazole rings is 1. The minimum atomic E-state index is -2.61. The summed E-state index contributed by atoms with van der Waals surface area (Å²) in [6.07, 6.45) is 4.92. The zero-order valence-corrected chi connectivity index (χ0v) is 16.4. The van der Waals surface area contributed by atoms with E-state index >= 15 is 0 Å². The number of anilines is 1. The van der Waals surface area contributed by atoms with E-state index in [1.54, 1.807) is 12.4 Å². The highest BCUT2D eigenvalue weighted by atomic mass is 19.3. The van der Waals surface area contributed by atoms with Gasteiger partial charge < -0.3 is 9.88 Å². The van der Waals surface area contributed by atoms with E-state index in [0.29, 0.717) is 22.9 Å². The van der Waals surface area contributed by atoms with Gasteiger partial charge in [0.2, 0.25) is 0 Å². The molecule has 0 amide bonds. The van der Waals surface area contributed by atoms with Crippen molar-refractivity contribution >= 4 is 27.8 Å². The largest absolute Gasteiger partial charge is 0.354 e. The van der Waals surface area contributed by atoms with Crippen LogP contribution in [0.3, 0.4) is 0 Å². The number of rotatable bonds is 3. The highest BCUT2D eigenvalue weighted by molar-refractivity contribution is 5.96. The summed E-state index contributed by atoms with van der Waals surface area (Å²) in [5, 5.41) is 15.3. The quantitative estimate of drug-likeness (QED) is 0.407. The molecule has 10 heteroatoms. The van der Waals surface area contributed by atoms with Gasteiger partial charge >= 0.3 is 0 Å². The van der Waals surface area contributed by atoms with Crippen LogP contribution in [0.4, 0.5) is 14.6 Å². The van der Waals surface area contributed by atoms with Crippen molar-refractivity contribution in [3.8, 4) is 22.6 Å². The average molecular weight is 420 g/mol. The van der Waals surface area contributed by atoms with Crippen LogP contribution in [0.2, 0.25) is 0 Å². The molecule has 1 aliphatic rings. The van der Waals surface area contributed by atoms with Gasteiger partial charge in [-0.1, -0.05) is 6.07 Å². The Morgan fingerprint density at radius 3 is 2.71 bits per heavy atom. The molecule has 156 valence electrons. The van der Waals surface area contributed by atoms with Crippen LogP contribution >= 0.6 is 0 Å². The van der Waals surface area contributed by atoms with E-state index in [1.165, 1.54) is 0 Å². The maximum atomic E-state index is 13.6.